The lowest BCUT2D eigenvalue weighted by Gasteiger charge is -2.19. The number of aromatic nitrogens is 2. The van der Waals surface area contributed by atoms with Gasteiger partial charge in [-0.3, -0.25) is 10.5 Å². The molecule has 96 valence electrons. The number of nitrogens with one attached hydrogen (secondary N) is 1. The van der Waals surface area contributed by atoms with Crippen molar-refractivity contribution in [2.24, 2.45) is 12.9 Å². The maximum Gasteiger partial charge on any atom is 0.137 e. The van der Waals surface area contributed by atoms with Gasteiger partial charge in [0.1, 0.15) is 5.82 Å². The molecule has 1 unspecified atom stereocenters. The van der Waals surface area contributed by atoms with Crippen LogP contribution in [0.15, 0.2) is 28.9 Å². The van der Waals surface area contributed by atoms with Crippen molar-refractivity contribution in [3.05, 3.63) is 51.0 Å². The first kappa shape index (κ1) is 13.5. The van der Waals surface area contributed by atoms with Gasteiger partial charge in [-0.1, -0.05) is 23.7 Å². The summed E-state index contributed by atoms with van der Waals surface area (Å²) in [5, 5.41) is 4.51. The Hall–Kier alpha value is -0.950. The minimum Gasteiger partial charge on any atom is -0.271 e. The van der Waals surface area contributed by atoms with Gasteiger partial charge in [0.25, 0.3) is 0 Å². The van der Waals surface area contributed by atoms with E-state index in [1.165, 1.54) is 12.3 Å². The van der Waals surface area contributed by atoms with Gasteiger partial charge >= 0.3 is 0 Å². The standard InChI is InChI=1S/C11H11BrClFN4/c1-18-11(7(13)5-16-18)10(17-15)6-3-2-4-8(14)9(6)12/h2-5,10,17H,15H2,1H3. The number of hydrogen-bond donors (Lipinski definition) is 2. The first-order chi connectivity index (χ1) is 8.56. The number of hydrazine groups is 1. The lowest BCUT2D eigenvalue weighted by atomic mass is 10.0. The first-order valence-corrected chi connectivity index (χ1v) is 6.30. The zero-order valence-corrected chi connectivity index (χ0v) is 11.8. The molecule has 0 saturated carbocycles. The lowest BCUT2D eigenvalue weighted by Crippen LogP contribution is -2.31. The molecule has 4 nitrogen and oxygen atoms in total. The van der Waals surface area contributed by atoms with Crippen molar-refractivity contribution < 1.29 is 4.39 Å². The number of aryl methyl sites for hydroxylation is 1. The Balaban J connectivity index is 2.56. The fourth-order valence-electron chi connectivity index (χ4n) is 1.80. The molecule has 0 aliphatic rings. The number of nitrogens with two attached hydrogens (primary N) is 1. The minimum absolute atomic E-state index is 0.352. The van der Waals surface area contributed by atoms with Crippen LogP contribution >= 0.6 is 27.5 Å². The van der Waals surface area contributed by atoms with E-state index in [-0.39, 0.29) is 5.82 Å². The molecule has 0 aliphatic carbocycles. The molecule has 1 aromatic heterocycles. The minimum atomic E-state index is -0.449. The van der Waals surface area contributed by atoms with E-state index in [2.05, 4.69) is 26.5 Å². The number of nitrogens with zero attached hydrogens (tertiary/aromatic N) is 2. The molecule has 1 heterocycles. The summed E-state index contributed by atoms with van der Waals surface area (Å²) in [7, 11) is 1.75. The van der Waals surface area contributed by atoms with E-state index in [4.69, 9.17) is 17.4 Å². The molecule has 0 amide bonds. The predicted molar refractivity (Wildman–Crippen MR) is 71.5 cm³/mol. The van der Waals surface area contributed by atoms with E-state index in [1.807, 2.05) is 0 Å². The molecule has 0 spiro atoms. The van der Waals surface area contributed by atoms with Crippen LogP contribution in [-0.2, 0) is 7.05 Å². The van der Waals surface area contributed by atoms with Gasteiger partial charge in [0.05, 0.1) is 27.4 Å². The SMILES string of the molecule is Cn1ncc(Cl)c1C(NN)c1cccc(F)c1Br. The van der Waals surface area contributed by atoms with Crippen LogP contribution in [0.25, 0.3) is 0 Å². The highest BCUT2D eigenvalue weighted by Gasteiger charge is 2.22. The summed E-state index contributed by atoms with van der Waals surface area (Å²) in [6, 6.07) is 4.30. The third-order valence-corrected chi connectivity index (χ3v) is 3.80. The van der Waals surface area contributed by atoms with Crippen molar-refractivity contribution in [3.8, 4) is 0 Å². The van der Waals surface area contributed by atoms with Crippen molar-refractivity contribution in [1.82, 2.24) is 15.2 Å². The van der Waals surface area contributed by atoms with Crippen LogP contribution in [0.4, 0.5) is 4.39 Å². The number of rotatable bonds is 3. The summed E-state index contributed by atoms with van der Waals surface area (Å²) in [4.78, 5) is 0. The molecule has 1 aromatic carbocycles. The van der Waals surface area contributed by atoms with Gasteiger partial charge in [-0.15, -0.1) is 0 Å². The van der Waals surface area contributed by atoms with Gasteiger partial charge in [-0.05, 0) is 27.6 Å². The highest BCUT2D eigenvalue weighted by atomic mass is 79.9. The van der Waals surface area contributed by atoms with E-state index < -0.39 is 6.04 Å². The second kappa shape index (κ2) is 5.36. The molecule has 0 fully saturated rings. The zero-order valence-electron chi connectivity index (χ0n) is 9.49. The first-order valence-electron chi connectivity index (χ1n) is 5.13. The van der Waals surface area contributed by atoms with Crippen LogP contribution in [0.1, 0.15) is 17.3 Å². The Morgan fingerprint density at radius 3 is 2.83 bits per heavy atom. The van der Waals surface area contributed by atoms with Gasteiger partial charge in [0, 0.05) is 7.05 Å². The van der Waals surface area contributed by atoms with Crippen molar-refractivity contribution in [1.29, 1.82) is 0 Å². The Bertz CT molecular complexity index is 553. The van der Waals surface area contributed by atoms with Crippen molar-refractivity contribution in [3.63, 3.8) is 0 Å². The van der Waals surface area contributed by atoms with Gasteiger partial charge in [-0.25, -0.2) is 9.82 Å². The average molecular weight is 334 g/mol. The van der Waals surface area contributed by atoms with Crippen LogP contribution in [0.2, 0.25) is 5.02 Å². The van der Waals surface area contributed by atoms with E-state index in [9.17, 15) is 4.39 Å². The molecule has 2 aromatic rings. The summed E-state index contributed by atoms with van der Waals surface area (Å²) in [5.74, 6) is 5.20. The Kier molecular flexibility index (Phi) is 4.01. The maximum atomic E-state index is 13.5. The van der Waals surface area contributed by atoms with Crippen LogP contribution in [0.5, 0.6) is 0 Å². The molecule has 0 aliphatic heterocycles. The molecule has 0 bridgehead atoms. The van der Waals surface area contributed by atoms with Crippen molar-refractivity contribution in [2.45, 2.75) is 6.04 Å². The molecule has 0 saturated heterocycles. The van der Waals surface area contributed by atoms with E-state index >= 15 is 0 Å². The smallest absolute Gasteiger partial charge is 0.137 e. The fourth-order valence-corrected chi connectivity index (χ4v) is 2.57. The van der Waals surface area contributed by atoms with Gasteiger partial charge in [0.2, 0.25) is 0 Å². The van der Waals surface area contributed by atoms with E-state index in [0.717, 1.165) is 0 Å². The summed E-state index contributed by atoms with van der Waals surface area (Å²) < 4.78 is 15.5. The fraction of sp³-hybridized carbons (Fsp3) is 0.182. The third kappa shape index (κ3) is 2.29. The number of halogens is 3. The molecule has 18 heavy (non-hydrogen) atoms. The highest BCUT2D eigenvalue weighted by molar-refractivity contribution is 9.10. The second-order valence-corrected chi connectivity index (χ2v) is 4.94. The van der Waals surface area contributed by atoms with Crippen LogP contribution < -0.4 is 11.3 Å². The summed E-state index contributed by atoms with van der Waals surface area (Å²) in [6.45, 7) is 0. The van der Waals surface area contributed by atoms with Crippen molar-refractivity contribution >= 4 is 27.5 Å². The lowest BCUT2D eigenvalue weighted by molar-refractivity contribution is 0.562. The largest absolute Gasteiger partial charge is 0.271 e. The highest BCUT2D eigenvalue weighted by Crippen LogP contribution is 2.32. The predicted octanol–water partition coefficient (Wildman–Crippen LogP) is 2.53. The molecule has 1 atom stereocenters. The average Bonchev–Trinajstić information content (AvgIpc) is 2.67. The second-order valence-electron chi connectivity index (χ2n) is 3.74. The molecule has 3 N–H and O–H groups in total. The Morgan fingerprint density at radius 1 is 1.56 bits per heavy atom. The number of hydrogen-bond acceptors (Lipinski definition) is 3. The van der Waals surface area contributed by atoms with Crippen LogP contribution in [0, 0.1) is 5.82 Å². The molecular weight excluding hydrogens is 323 g/mol. The Labute approximate surface area is 117 Å². The normalized spacial score (nSPS) is 12.7. The van der Waals surface area contributed by atoms with E-state index in [0.29, 0.717) is 20.8 Å². The van der Waals surface area contributed by atoms with Crippen LogP contribution in [-0.4, -0.2) is 9.78 Å². The monoisotopic (exact) mass is 332 g/mol. The summed E-state index contributed by atoms with van der Waals surface area (Å²) in [6.07, 6.45) is 1.52. The Morgan fingerprint density at radius 2 is 2.28 bits per heavy atom. The van der Waals surface area contributed by atoms with Gasteiger partial charge in [0.15, 0.2) is 0 Å². The summed E-state index contributed by atoms with van der Waals surface area (Å²) >= 11 is 9.29. The van der Waals surface area contributed by atoms with Crippen LogP contribution in [0.3, 0.4) is 0 Å². The summed E-state index contributed by atoms with van der Waals surface area (Å²) in [5.41, 5.74) is 3.96. The van der Waals surface area contributed by atoms with E-state index in [1.54, 1.807) is 23.9 Å². The topological polar surface area (TPSA) is 55.9 Å². The van der Waals surface area contributed by atoms with Gasteiger partial charge in [-0.2, -0.15) is 5.10 Å². The maximum absolute atomic E-state index is 13.5. The molecule has 7 heteroatoms. The number of benzene rings is 1. The third-order valence-electron chi connectivity index (χ3n) is 2.67. The van der Waals surface area contributed by atoms with Gasteiger partial charge < -0.3 is 0 Å². The zero-order chi connectivity index (χ0) is 13.3. The quantitative estimate of drug-likeness (QED) is 0.670. The molecule has 0 radical (unpaired) electrons. The van der Waals surface area contributed by atoms with Crippen molar-refractivity contribution in [2.75, 3.05) is 0 Å². The molecule has 2 rings (SSSR count). The molecular formula is C11H11BrClFN4.